The summed E-state index contributed by atoms with van der Waals surface area (Å²) in [5.41, 5.74) is 6.56. The van der Waals surface area contributed by atoms with Gasteiger partial charge < -0.3 is 16.0 Å². The molecule has 92 valence electrons. The van der Waals surface area contributed by atoms with Gasteiger partial charge in [-0.05, 0) is 26.0 Å². The van der Waals surface area contributed by atoms with E-state index in [0.717, 1.165) is 18.8 Å². The first kappa shape index (κ1) is 11.9. The molecular weight excluding hydrogens is 216 g/mol. The number of rotatable bonds is 2. The number of primary amides is 1. The lowest BCUT2D eigenvalue weighted by atomic mass is 10.1. The van der Waals surface area contributed by atoms with Crippen molar-refractivity contribution in [3.8, 4) is 0 Å². The van der Waals surface area contributed by atoms with Gasteiger partial charge in [-0.25, -0.2) is 0 Å². The lowest BCUT2D eigenvalue weighted by Gasteiger charge is -2.37. The van der Waals surface area contributed by atoms with Crippen LogP contribution in [0.4, 0.5) is 5.69 Å². The van der Waals surface area contributed by atoms with Gasteiger partial charge in [0.15, 0.2) is 0 Å². The maximum absolute atomic E-state index is 11.1. The molecule has 1 aromatic heterocycles. The summed E-state index contributed by atoms with van der Waals surface area (Å²) in [5.74, 6) is -0.483. The van der Waals surface area contributed by atoms with Gasteiger partial charge in [-0.15, -0.1) is 0 Å². The van der Waals surface area contributed by atoms with Crippen molar-refractivity contribution >= 4 is 11.6 Å². The quantitative estimate of drug-likeness (QED) is 0.775. The summed E-state index contributed by atoms with van der Waals surface area (Å²) < 4.78 is 0. The van der Waals surface area contributed by atoms with Gasteiger partial charge in [0.25, 0.3) is 5.91 Å². The summed E-state index contributed by atoms with van der Waals surface area (Å²) in [4.78, 5) is 17.3. The van der Waals surface area contributed by atoms with Gasteiger partial charge in [-0.3, -0.25) is 9.78 Å². The minimum absolute atomic E-state index is 0.321. The Morgan fingerprint density at radius 2 is 2.12 bits per heavy atom. The van der Waals surface area contributed by atoms with Crippen molar-refractivity contribution in [3.63, 3.8) is 0 Å². The maximum Gasteiger partial charge on any atom is 0.267 e. The number of hydrogen-bond donors (Lipinski definition) is 2. The van der Waals surface area contributed by atoms with Gasteiger partial charge >= 0.3 is 0 Å². The lowest BCUT2D eigenvalue weighted by Crippen LogP contribution is -2.54. The number of carbonyl (C=O) groups excluding carboxylic acids is 1. The molecule has 0 spiro atoms. The SMILES string of the molecule is CC1CN(c2ccnc(C(N)=O)c2)CC(C)N1. The minimum atomic E-state index is -0.483. The molecule has 2 unspecified atom stereocenters. The van der Waals surface area contributed by atoms with Crippen molar-refractivity contribution < 1.29 is 4.79 Å². The van der Waals surface area contributed by atoms with Crippen LogP contribution in [0.25, 0.3) is 0 Å². The molecule has 17 heavy (non-hydrogen) atoms. The van der Waals surface area contributed by atoms with E-state index >= 15 is 0 Å². The Kier molecular flexibility index (Phi) is 3.28. The van der Waals surface area contributed by atoms with Gasteiger partial charge in [-0.1, -0.05) is 0 Å². The van der Waals surface area contributed by atoms with E-state index < -0.39 is 5.91 Å². The molecule has 3 N–H and O–H groups in total. The molecule has 0 aromatic carbocycles. The number of nitrogens with one attached hydrogen (secondary N) is 1. The third-order valence-corrected chi connectivity index (χ3v) is 2.92. The molecule has 0 aliphatic carbocycles. The van der Waals surface area contributed by atoms with Gasteiger partial charge in [0, 0.05) is 37.1 Å². The highest BCUT2D eigenvalue weighted by Gasteiger charge is 2.21. The second-order valence-electron chi connectivity index (χ2n) is 4.64. The van der Waals surface area contributed by atoms with E-state index in [2.05, 4.69) is 29.0 Å². The molecule has 5 heteroatoms. The second kappa shape index (κ2) is 4.71. The fourth-order valence-electron chi connectivity index (χ4n) is 2.29. The third kappa shape index (κ3) is 2.74. The smallest absolute Gasteiger partial charge is 0.267 e. The van der Waals surface area contributed by atoms with Crippen molar-refractivity contribution in [2.45, 2.75) is 25.9 Å². The number of aromatic nitrogens is 1. The Morgan fingerprint density at radius 1 is 1.47 bits per heavy atom. The fourth-order valence-corrected chi connectivity index (χ4v) is 2.29. The van der Waals surface area contributed by atoms with Crippen molar-refractivity contribution in [1.29, 1.82) is 0 Å². The number of anilines is 1. The van der Waals surface area contributed by atoms with Crippen molar-refractivity contribution in [3.05, 3.63) is 24.0 Å². The summed E-state index contributed by atoms with van der Waals surface area (Å²) in [6, 6.07) is 4.54. The predicted molar refractivity (Wildman–Crippen MR) is 67.0 cm³/mol. The Hall–Kier alpha value is -1.62. The van der Waals surface area contributed by atoms with E-state index in [9.17, 15) is 4.79 Å². The molecule has 1 saturated heterocycles. The first-order valence-electron chi connectivity index (χ1n) is 5.83. The van der Waals surface area contributed by atoms with Crippen molar-refractivity contribution in [2.75, 3.05) is 18.0 Å². The summed E-state index contributed by atoms with van der Waals surface area (Å²) >= 11 is 0. The molecule has 1 aromatic rings. The van der Waals surface area contributed by atoms with E-state index in [-0.39, 0.29) is 0 Å². The number of amides is 1. The molecule has 1 amide bonds. The van der Waals surface area contributed by atoms with Crippen LogP contribution in [0.15, 0.2) is 18.3 Å². The largest absolute Gasteiger partial charge is 0.368 e. The zero-order chi connectivity index (χ0) is 12.4. The Morgan fingerprint density at radius 3 is 2.71 bits per heavy atom. The first-order valence-corrected chi connectivity index (χ1v) is 5.83. The molecule has 1 aliphatic heterocycles. The van der Waals surface area contributed by atoms with Crippen LogP contribution < -0.4 is 16.0 Å². The number of carbonyl (C=O) groups is 1. The average molecular weight is 234 g/mol. The highest BCUT2D eigenvalue weighted by molar-refractivity contribution is 5.91. The van der Waals surface area contributed by atoms with E-state index in [4.69, 9.17) is 5.73 Å². The molecule has 2 rings (SSSR count). The van der Waals surface area contributed by atoms with Crippen LogP contribution in [0.5, 0.6) is 0 Å². The predicted octanol–water partition coefficient (Wildman–Crippen LogP) is 0.367. The van der Waals surface area contributed by atoms with Gasteiger partial charge in [0.2, 0.25) is 0 Å². The highest BCUT2D eigenvalue weighted by atomic mass is 16.1. The molecule has 2 heterocycles. The van der Waals surface area contributed by atoms with E-state index in [1.165, 1.54) is 0 Å². The molecule has 0 bridgehead atoms. The third-order valence-electron chi connectivity index (χ3n) is 2.92. The summed E-state index contributed by atoms with van der Waals surface area (Å²) in [6.45, 7) is 6.15. The minimum Gasteiger partial charge on any atom is -0.368 e. The van der Waals surface area contributed by atoms with Crippen molar-refractivity contribution in [1.82, 2.24) is 10.3 Å². The lowest BCUT2D eigenvalue weighted by molar-refractivity contribution is 0.0995. The number of piperazine rings is 1. The number of nitrogens with zero attached hydrogens (tertiary/aromatic N) is 2. The first-order chi connectivity index (χ1) is 8.06. The standard InChI is InChI=1S/C12H18N4O/c1-8-6-16(7-9(2)15-8)10-3-4-14-11(5-10)12(13)17/h3-5,8-9,15H,6-7H2,1-2H3,(H2,13,17). The van der Waals surface area contributed by atoms with Gasteiger partial charge in [0.05, 0.1) is 0 Å². The van der Waals surface area contributed by atoms with Crippen LogP contribution in [0, 0.1) is 0 Å². The van der Waals surface area contributed by atoms with Crippen LogP contribution in [0.1, 0.15) is 24.3 Å². The van der Waals surface area contributed by atoms with Crippen LogP contribution in [-0.4, -0.2) is 36.1 Å². The average Bonchev–Trinajstić information content (AvgIpc) is 2.28. The van der Waals surface area contributed by atoms with Gasteiger partial charge in [0.1, 0.15) is 5.69 Å². The summed E-state index contributed by atoms with van der Waals surface area (Å²) in [5, 5.41) is 3.47. The monoisotopic (exact) mass is 234 g/mol. The van der Waals surface area contributed by atoms with Gasteiger partial charge in [-0.2, -0.15) is 0 Å². The maximum atomic E-state index is 11.1. The summed E-state index contributed by atoms with van der Waals surface area (Å²) in [6.07, 6.45) is 1.63. The van der Waals surface area contributed by atoms with Crippen LogP contribution in [0.3, 0.4) is 0 Å². The van der Waals surface area contributed by atoms with Crippen LogP contribution in [0.2, 0.25) is 0 Å². The fraction of sp³-hybridized carbons (Fsp3) is 0.500. The van der Waals surface area contributed by atoms with E-state index in [1.54, 1.807) is 12.3 Å². The van der Waals surface area contributed by atoms with Crippen molar-refractivity contribution in [2.24, 2.45) is 5.73 Å². The molecule has 0 radical (unpaired) electrons. The Bertz CT molecular complexity index is 411. The Balaban J connectivity index is 2.21. The number of pyridine rings is 1. The molecule has 1 aliphatic rings. The molecular formula is C12H18N4O. The molecule has 1 fully saturated rings. The Labute approximate surface area is 101 Å². The molecule has 0 saturated carbocycles. The topological polar surface area (TPSA) is 71.2 Å². The zero-order valence-corrected chi connectivity index (χ0v) is 10.2. The summed E-state index contributed by atoms with van der Waals surface area (Å²) in [7, 11) is 0. The number of nitrogens with two attached hydrogens (primary N) is 1. The van der Waals surface area contributed by atoms with Crippen LogP contribution in [-0.2, 0) is 0 Å². The number of hydrogen-bond acceptors (Lipinski definition) is 4. The highest BCUT2D eigenvalue weighted by Crippen LogP contribution is 2.17. The van der Waals surface area contributed by atoms with E-state index in [1.807, 2.05) is 6.07 Å². The second-order valence-corrected chi connectivity index (χ2v) is 4.64. The van der Waals surface area contributed by atoms with E-state index in [0.29, 0.717) is 17.8 Å². The molecule has 2 atom stereocenters. The molecule has 5 nitrogen and oxygen atoms in total. The normalized spacial score (nSPS) is 24.7. The van der Waals surface area contributed by atoms with Crippen LogP contribution >= 0.6 is 0 Å². The zero-order valence-electron chi connectivity index (χ0n) is 10.2.